The highest BCUT2D eigenvalue weighted by atomic mass is 16.3. The van der Waals surface area contributed by atoms with Crippen LogP contribution in [0.4, 0.5) is 0 Å². The minimum atomic E-state index is 0.850. The number of aromatic nitrogens is 2. The molecular weight excluding hydrogens is 548 g/mol. The second kappa shape index (κ2) is 9.22. The van der Waals surface area contributed by atoms with Gasteiger partial charge in [-0.05, 0) is 71.8 Å². The molecule has 0 aliphatic rings. The van der Waals surface area contributed by atoms with E-state index in [4.69, 9.17) is 4.42 Å². The summed E-state index contributed by atoms with van der Waals surface area (Å²) in [4.78, 5) is 0. The van der Waals surface area contributed by atoms with Gasteiger partial charge in [-0.3, -0.25) is 0 Å². The number of fused-ring (bicyclic) bond motifs is 10. The highest BCUT2D eigenvalue weighted by Gasteiger charge is 2.17. The first-order valence-corrected chi connectivity index (χ1v) is 15.4. The number of hydrogen-bond acceptors (Lipinski definition) is 1. The van der Waals surface area contributed by atoms with Crippen LogP contribution in [0.25, 0.3) is 87.9 Å². The summed E-state index contributed by atoms with van der Waals surface area (Å²) in [6.45, 7) is 0. The zero-order valence-electron chi connectivity index (χ0n) is 24.3. The summed E-state index contributed by atoms with van der Waals surface area (Å²) in [5.74, 6) is 0. The second-order valence-electron chi connectivity index (χ2n) is 11.8. The Morgan fingerprint density at radius 2 is 0.911 bits per heavy atom. The zero-order chi connectivity index (χ0) is 29.5. The molecule has 3 nitrogen and oxygen atoms in total. The highest BCUT2D eigenvalue weighted by Crippen LogP contribution is 2.40. The van der Waals surface area contributed by atoms with Gasteiger partial charge >= 0.3 is 0 Å². The quantitative estimate of drug-likeness (QED) is 0.201. The average molecular weight is 575 g/mol. The van der Waals surface area contributed by atoms with Crippen molar-refractivity contribution in [3.05, 3.63) is 158 Å². The van der Waals surface area contributed by atoms with Crippen molar-refractivity contribution in [2.24, 2.45) is 0 Å². The van der Waals surface area contributed by atoms with E-state index >= 15 is 0 Å². The van der Waals surface area contributed by atoms with Gasteiger partial charge in [0.05, 0.1) is 27.6 Å². The lowest BCUT2D eigenvalue weighted by Gasteiger charge is -2.08. The van der Waals surface area contributed by atoms with E-state index < -0.39 is 0 Å². The van der Waals surface area contributed by atoms with E-state index in [1.165, 1.54) is 65.8 Å². The van der Waals surface area contributed by atoms with Gasteiger partial charge in [0.15, 0.2) is 5.58 Å². The number of benzene rings is 7. The summed E-state index contributed by atoms with van der Waals surface area (Å²) in [7, 11) is 0. The van der Waals surface area contributed by atoms with E-state index in [0.29, 0.717) is 0 Å². The van der Waals surface area contributed by atoms with Gasteiger partial charge in [-0.15, -0.1) is 0 Å². The van der Waals surface area contributed by atoms with Gasteiger partial charge in [0.25, 0.3) is 0 Å². The van der Waals surface area contributed by atoms with Crippen LogP contribution in [0, 0.1) is 0 Å². The van der Waals surface area contributed by atoms with Crippen LogP contribution >= 0.6 is 0 Å². The summed E-state index contributed by atoms with van der Waals surface area (Å²) >= 11 is 0. The summed E-state index contributed by atoms with van der Waals surface area (Å²) in [5, 5.41) is 7.25. The molecule has 0 spiro atoms. The van der Waals surface area contributed by atoms with Crippen molar-refractivity contribution >= 4 is 71.1 Å². The molecule has 0 saturated heterocycles. The molecule has 0 amide bonds. The van der Waals surface area contributed by atoms with Crippen molar-refractivity contribution in [1.82, 2.24) is 8.97 Å². The Bertz CT molecular complexity index is 2810. The lowest BCUT2D eigenvalue weighted by molar-refractivity contribution is 0.661. The molecule has 0 unspecified atom stereocenters. The molecule has 3 aromatic heterocycles. The molecule has 0 saturated carbocycles. The fraction of sp³-hybridized carbons (Fsp3) is 0. The Balaban J connectivity index is 1.28. The Morgan fingerprint density at radius 3 is 1.71 bits per heavy atom. The molecule has 0 aliphatic carbocycles. The maximum Gasteiger partial charge on any atom is 0.151 e. The van der Waals surface area contributed by atoms with Crippen molar-refractivity contribution in [3.63, 3.8) is 0 Å². The Hall–Kier alpha value is -6.06. The molecule has 0 atom stereocenters. The minimum Gasteiger partial charge on any atom is -0.455 e. The first-order chi connectivity index (χ1) is 22.3. The Morgan fingerprint density at radius 1 is 0.356 bits per heavy atom. The van der Waals surface area contributed by atoms with Crippen LogP contribution in [0.2, 0.25) is 0 Å². The molecule has 3 heterocycles. The SMILES string of the molecule is c1ccc(-n2c3ccccc3c3cc(-c4ccc5c(c4)c4cccc6c7ccccc7oc7ccccc7n5c64)ccc32)cc1. The van der Waals surface area contributed by atoms with Crippen LogP contribution in [-0.2, 0) is 0 Å². The third-order valence-electron chi connectivity index (χ3n) is 9.31. The molecule has 0 radical (unpaired) electrons. The van der Waals surface area contributed by atoms with Crippen LogP contribution in [0.5, 0.6) is 0 Å². The van der Waals surface area contributed by atoms with Crippen LogP contribution in [0.1, 0.15) is 0 Å². The third kappa shape index (κ3) is 3.46. The molecule has 0 fully saturated rings. The predicted molar refractivity (Wildman–Crippen MR) is 188 cm³/mol. The molecule has 7 aromatic carbocycles. The van der Waals surface area contributed by atoms with Crippen LogP contribution < -0.4 is 0 Å². The van der Waals surface area contributed by atoms with Crippen LogP contribution in [-0.4, -0.2) is 8.97 Å². The molecule has 0 bridgehead atoms. The van der Waals surface area contributed by atoms with Gasteiger partial charge in [-0.25, -0.2) is 0 Å². The van der Waals surface area contributed by atoms with Crippen molar-refractivity contribution < 1.29 is 4.42 Å². The molecule has 0 N–H and O–H groups in total. The smallest absolute Gasteiger partial charge is 0.151 e. The molecule has 45 heavy (non-hydrogen) atoms. The predicted octanol–water partition coefficient (Wildman–Crippen LogP) is 11.5. The second-order valence-corrected chi connectivity index (χ2v) is 11.8. The average Bonchev–Trinajstić information content (AvgIpc) is 3.61. The van der Waals surface area contributed by atoms with Gasteiger partial charge in [-0.1, -0.05) is 97.1 Å². The number of para-hydroxylation sites is 6. The zero-order valence-corrected chi connectivity index (χ0v) is 24.3. The number of hydrogen-bond donors (Lipinski definition) is 0. The summed E-state index contributed by atoms with van der Waals surface area (Å²) in [6, 6.07) is 56.5. The number of rotatable bonds is 2. The normalized spacial score (nSPS) is 12.0. The van der Waals surface area contributed by atoms with E-state index in [9.17, 15) is 0 Å². The van der Waals surface area contributed by atoms with Crippen LogP contribution in [0.3, 0.4) is 0 Å². The van der Waals surface area contributed by atoms with Crippen LogP contribution in [0.15, 0.2) is 162 Å². The van der Waals surface area contributed by atoms with Gasteiger partial charge in [0.1, 0.15) is 5.58 Å². The monoisotopic (exact) mass is 574 g/mol. The topological polar surface area (TPSA) is 22.5 Å². The standard InChI is InChI=1S/C42H26N2O/c1-2-11-29(12-3-1)43-36-17-6-4-13-30(36)34-25-27(21-23-37(34)43)28-22-24-38-35(26-28)33-16-10-15-32-31-14-5-8-19-40(31)45-41-20-9-7-18-39(41)44(38)42(32)33/h1-26H. The first kappa shape index (κ1) is 24.4. The summed E-state index contributed by atoms with van der Waals surface area (Å²) in [5.41, 5.74) is 11.1. The Labute approximate surface area is 258 Å². The molecular formula is C42H26N2O. The maximum absolute atomic E-state index is 6.57. The van der Waals surface area contributed by atoms with Crippen molar-refractivity contribution in [1.29, 1.82) is 0 Å². The summed E-state index contributed by atoms with van der Waals surface area (Å²) < 4.78 is 11.3. The minimum absolute atomic E-state index is 0.850. The van der Waals surface area contributed by atoms with E-state index in [2.05, 4.69) is 155 Å². The van der Waals surface area contributed by atoms with E-state index in [0.717, 1.165) is 22.1 Å². The molecule has 210 valence electrons. The highest BCUT2D eigenvalue weighted by molar-refractivity contribution is 6.20. The molecule has 10 aromatic rings. The van der Waals surface area contributed by atoms with Crippen molar-refractivity contribution in [2.75, 3.05) is 0 Å². The van der Waals surface area contributed by atoms with Gasteiger partial charge in [0, 0.05) is 38.0 Å². The van der Waals surface area contributed by atoms with Gasteiger partial charge < -0.3 is 13.4 Å². The van der Waals surface area contributed by atoms with E-state index in [1.54, 1.807) is 0 Å². The van der Waals surface area contributed by atoms with Gasteiger partial charge in [0.2, 0.25) is 0 Å². The molecule has 10 rings (SSSR count). The Kier molecular flexibility index (Phi) is 5.00. The molecule has 0 aliphatic heterocycles. The van der Waals surface area contributed by atoms with E-state index in [1.807, 2.05) is 12.1 Å². The maximum atomic E-state index is 6.57. The first-order valence-electron chi connectivity index (χ1n) is 15.4. The van der Waals surface area contributed by atoms with Gasteiger partial charge in [-0.2, -0.15) is 0 Å². The third-order valence-corrected chi connectivity index (χ3v) is 9.31. The van der Waals surface area contributed by atoms with Crippen molar-refractivity contribution in [3.8, 4) is 16.8 Å². The van der Waals surface area contributed by atoms with E-state index in [-0.39, 0.29) is 0 Å². The van der Waals surface area contributed by atoms with Crippen molar-refractivity contribution in [2.45, 2.75) is 0 Å². The fourth-order valence-electron chi connectivity index (χ4n) is 7.35. The largest absolute Gasteiger partial charge is 0.455 e. The molecule has 3 heteroatoms. The summed E-state index contributed by atoms with van der Waals surface area (Å²) in [6.07, 6.45) is 0. The lowest BCUT2D eigenvalue weighted by Crippen LogP contribution is -1.92. The fourth-order valence-corrected chi connectivity index (χ4v) is 7.35. The lowest BCUT2D eigenvalue weighted by atomic mass is 10.00. The number of nitrogens with zero attached hydrogens (tertiary/aromatic N) is 2.